The van der Waals surface area contributed by atoms with Crippen LogP contribution in [0.3, 0.4) is 0 Å². The maximum atomic E-state index is 12.2. The standard InChI is InChI=1S/C14H14Cl2N2O3/c1-2-17-7-14(21)18(8-13(17)20)6-12(19)9-3-4-10(15)11(16)5-9/h3-5H,2,6-8H2,1H3. The van der Waals surface area contributed by atoms with Crippen LogP contribution in [0.1, 0.15) is 17.3 Å². The van der Waals surface area contributed by atoms with E-state index >= 15 is 0 Å². The molecular weight excluding hydrogens is 315 g/mol. The van der Waals surface area contributed by atoms with E-state index in [9.17, 15) is 14.4 Å². The summed E-state index contributed by atoms with van der Waals surface area (Å²) >= 11 is 11.7. The molecule has 0 aromatic heterocycles. The summed E-state index contributed by atoms with van der Waals surface area (Å²) in [6.45, 7) is 2.10. The molecule has 21 heavy (non-hydrogen) atoms. The third-order valence-electron chi connectivity index (χ3n) is 3.32. The first-order valence-electron chi connectivity index (χ1n) is 6.46. The summed E-state index contributed by atoms with van der Waals surface area (Å²) in [4.78, 5) is 38.6. The van der Waals surface area contributed by atoms with Gasteiger partial charge in [-0.25, -0.2) is 0 Å². The van der Waals surface area contributed by atoms with E-state index in [1.54, 1.807) is 6.07 Å². The topological polar surface area (TPSA) is 57.7 Å². The van der Waals surface area contributed by atoms with Crippen molar-refractivity contribution < 1.29 is 14.4 Å². The van der Waals surface area contributed by atoms with Crippen molar-refractivity contribution in [2.24, 2.45) is 0 Å². The molecule has 1 aromatic carbocycles. The fourth-order valence-electron chi connectivity index (χ4n) is 2.07. The molecule has 1 saturated heterocycles. The predicted molar refractivity (Wildman–Crippen MR) is 79.6 cm³/mol. The summed E-state index contributed by atoms with van der Waals surface area (Å²) in [7, 11) is 0. The molecule has 112 valence electrons. The van der Waals surface area contributed by atoms with E-state index in [-0.39, 0.29) is 42.3 Å². The van der Waals surface area contributed by atoms with E-state index in [1.165, 1.54) is 21.9 Å². The minimum Gasteiger partial charge on any atom is -0.332 e. The lowest BCUT2D eigenvalue weighted by Crippen LogP contribution is -2.54. The highest BCUT2D eigenvalue weighted by Crippen LogP contribution is 2.23. The SMILES string of the molecule is CCN1CC(=O)N(CC(=O)c2ccc(Cl)c(Cl)c2)CC1=O. The van der Waals surface area contributed by atoms with E-state index in [0.717, 1.165) is 0 Å². The van der Waals surface area contributed by atoms with Crippen molar-refractivity contribution in [2.75, 3.05) is 26.2 Å². The van der Waals surface area contributed by atoms with Crippen molar-refractivity contribution in [3.63, 3.8) is 0 Å². The van der Waals surface area contributed by atoms with Gasteiger partial charge in [-0.1, -0.05) is 23.2 Å². The lowest BCUT2D eigenvalue weighted by molar-refractivity contribution is -0.149. The molecule has 0 saturated carbocycles. The fourth-order valence-corrected chi connectivity index (χ4v) is 2.37. The lowest BCUT2D eigenvalue weighted by Gasteiger charge is -2.32. The first-order chi connectivity index (χ1) is 9.92. The molecular formula is C14H14Cl2N2O3. The van der Waals surface area contributed by atoms with Crippen LogP contribution in [-0.4, -0.2) is 53.6 Å². The monoisotopic (exact) mass is 328 g/mol. The average molecular weight is 329 g/mol. The minimum atomic E-state index is -0.278. The molecule has 1 aromatic rings. The lowest BCUT2D eigenvalue weighted by atomic mass is 10.1. The summed E-state index contributed by atoms with van der Waals surface area (Å²) in [5.41, 5.74) is 0.363. The van der Waals surface area contributed by atoms with E-state index < -0.39 is 0 Å². The maximum absolute atomic E-state index is 12.2. The Morgan fingerprint density at radius 2 is 1.71 bits per heavy atom. The van der Waals surface area contributed by atoms with Gasteiger partial charge in [-0.15, -0.1) is 0 Å². The molecule has 0 spiro atoms. The number of rotatable bonds is 4. The third-order valence-corrected chi connectivity index (χ3v) is 4.05. The van der Waals surface area contributed by atoms with Gasteiger partial charge in [0, 0.05) is 12.1 Å². The Kier molecular flexibility index (Phi) is 4.85. The first-order valence-corrected chi connectivity index (χ1v) is 7.21. The molecule has 7 heteroatoms. The van der Waals surface area contributed by atoms with Crippen LogP contribution in [0.15, 0.2) is 18.2 Å². The van der Waals surface area contributed by atoms with E-state index in [1.807, 2.05) is 6.92 Å². The van der Waals surface area contributed by atoms with Gasteiger partial charge in [-0.05, 0) is 25.1 Å². The second kappa shape index (κ2) is 6.45. The smallest absolute Gasteiger partial charge is 0.243 e. The Morgan fingerprint density at radius 3 is 2.33 bits per heavy atom. The Labute approximate surface area is 132 Å². The number of piperazine rings is 1. The van der Waals surface area contributed by atoms with Gasteiger partial charge in [-0.3, -0.25) is 14.4 Å². The zero-order valence-corrected chi connectivity index (χ0v) is 12.9. The molecule has 0 N–H and O–H groups in total. The van der Waals surface area contributed by atoms with Crippen LogP contribution < -0.4 is 0 Å². The fraction of sp³-hybridized carbons (Fsp3) is 0.357. The number of halogens is 2. The molecule has 2 amide bonds. The van der Waals surface area contributed by atoms with Crippen LogP contribution in [0.25, 0.3) is 0 Å². The highest BCUT2D eigenvalue weighted by Gasteiger charge is 2.30. The van der Waals surface area contributed by atoms with Crippen LogP contribution in [0.4, 0.5) is 0 Å². The maximum Gasteiger partial charge on any atom is 0.243 e. The molecule has 2 rings (SSSR count). The molecule has 1 aliphatic rings. The van der Waals surface area contributed by atoms with E-state index in [4.69, 9.17) is 23.2 Å². The number of carbonyl (C=O) groups is 3. The largest absolute Gasteiger partial charge is 0.332 e. The van der Waals surface area contributed by atoms with Crippen LogP contribution >= 0.6 is 23.2 Å². The van der Waals surface area contributed by atoms with Gasteiger partial charge in [0.2, 0.25) is 11.8 Å². The van der Waals surface area contributed by atoms with Gasteiger partial charge in [0.1, 0.15) is 6.54 Å². The normalized spacial score (nSPS) is 15.6. The zero-order chi connectivity index (χ0) is 15.6. The summed E-state index contributed by atoms with van der Waals surface area (Å²) in [5, 5.41) is 0.636. The van der Waals surface area contributed by atoms with Gasteiger partial charge in [0.05, 0.1) is 23.1 Å². The zero-order valence-electron chi connectivity index (χ0n) is 11.4. The molecule has 1 heterocycles. The molecule has 0 atom stereocenters. The number of ketones is 1. The Hall–Kier alpha value is -1.59. The number of hydrogen-bond donors (Lipinski definition) is 0. The van der Waals surface area contributed by atoms with Crippen molar-refractivity contribution in [1.82, 2.24) is 9.80 Å². The van der Waals surface area contributed by atoms with Crippen LogP contribution in [0, 0.1) is 0 Å². The summed E-state index contributed by atoms with van der Waals surface area (Å²) in [5.74, 6) is -0.663. The molecule has 5 nitrogen and oxygen atoms in total. The number of hydrogen-bond acceptors (Lipinski definition) is 3. The van der Waals surface area contributed by atoms with Gasteiger partial charge < -0.3 is 9.80 Å². The Bertz CT molecular complexity index is 604. The molecule has 1 aliphatic heterocycles. The van der Waals surface area contributed by atoms with E-state index in [0.29, 0.717) is 17.1 Å². The number of benzene rings is 1. The second-order valence-corrected chi connectivity index (χ2v) is 5.52. The second-order valence-electron chi connectivity index (χ2n) is 4.71. The number of Topliss-reactive ketones (excluding diaryl/α,β-unsaturated/α-hetero) is 1. The first kappa shape index (κ1) is 15.8. The highest BCUT2D eigenvalue weighted by molar-refractivity contribution is 6.42. The highest BCUT2D eigenvalue weighted by atomic mass is 35.5. The van der Waals surface area contributed by atoms with Gasteiger partial charge in [0.25, 0.3) is 0 Å². The quantitative estimate of drug-likeness (QED) is 0.793. The van der Waals surface area contributed by atoms with Gasteiger partial charge in [-0.2, -0.15) is 0 Å². The van der Waals surface area contributed by atoms with Crippen molar-refractivity contribution in [2.45, 2.75) is 6.92 Å². The van der Waals surface area contributed by atoms with Gasteiger partial charge in [0.15, 0.2) is 5.78 Å². The van der Waals surface area contributed by atoms with Crippen LogP contribution in [-0.2, 0) is 9.59 Å². The third kappa shape index (κ3) is 3.54. The number of nitrogens with zero attached hydrogens (tertiary/aromatic N) is 2. The molecule has 1 fully saturated rings. The average Bonchev–Trinajstić information content (AvgIpc) is 2.45. The number of carbonyl (C=O) groups excluding carboxylic acids is 3. The number of likely N-dealkylation sites (N-methyl/N-ethyl adjacent to an activating group) is 1. The van der Waals surface area contributed by atoms with Crippen molar-refractivity contribution in [1.29, 1.82) is 0 Å². The number of amides is 2. The molecule has 0 aliphatic carbocycles. The molecule has 0 unspecified atom stereocenters. The Balaban J connectivity index is 2.07. The van der Waals surface area contributed by atoms with Crippen molar-refractivity contribution >= 4 is 40.8 Å². The van der Waals surface area contributed by atoms with E-state index in [2.05, 4.69) is 0 Å². The minimum absolute atomic E-state index is 0.0178. The predicted octanol–water partition coefficient (Wildman–Crippen LogP) is 1.87. The van der Waals surface area contributed by atoms with Gasteiger partial charge >= 0.3 is 0 Å². The Morgan fingerprint density at radius 1 is 1.10 bits per heavy atom. The summed E-state index contributed by atoms with van der Waals surface area (Å²) in [6.07, 6.45) is 0. The van der Waals surface area contributed by atoms with Crippen LogP contribution in [0.2, 0.25) is 10.0 Å². The van der Waals surface area contributed by atoms with Crippen LogP contribution in [0.5, 0.6) is 0 Å². The summed E-state index contributed by atoms with van der Waals surface area (Å²) < 4.78 is 0. The summed E-state index contributed by atoms with van der Waals surface area (Å²) in [6, 6.07) is 4.53. The van der Waals surface area contributed by atoms with Crippen molar-refractivity contribution in [3.8, 4) is 0 Å². The molecule has 0 bridgehead atoms. The molecule has 0 radical (unpaired) electrons. The van der Waals surface area contributed by atoms with Crippen molar-refractivity contribution in [3.05, 3.63) is 33.8 Å².